The highest BCUT2D eigenvalue weighted by molar-refractivity contribution is 7.17. The first kappa shape index (κ1) is 20.6. The number of thiophene rings is 1. The Bertz CT molecular complexity index is 1040. The Balaban J connectivity index is 1.97. The van der Waals surface area contributed by atoms with E-state index in [4.69, 9.17) is 22.1 Å². The van der Waals surface area contributed by atoms with Crippen molar-refractivity contribution in [3.63, 3.8) is 0 Å². The van der Waals surface area contributed by atoms with E-state index in [2.05, 4.69) is 5.32 Å². The van der Waals surface area contributed by atoms with Crippen LogP contribution in [0.15, 0.2) is 18.2 Å². The number of amides is 3. The van der Waals surface area contributed by atoms with Crippen molar-refractivity contribution in [3.8, 4) is 0 Å². The summed E-state index contributed by atoms with van der Waals surface area (Å²) in [5, 5.41) is 14.1. The number of anilines is 1. The number of nitro groups is 1. The maximum Gasteiger partial charge on any atom is 0.409 e. The predicted octanol–water partition coefficient (Wildman–Crippen LogP) is 2.79. The molecule has 0 bridgehead atoms. The minimum absolute atomic E-state index is 0.132. The summed E-state index contributed by atoms with van der Waals surface area (Å²) in [6.07, 6.45) is -0.156. The van der Waals surface area contributed by atoms with Gasteiger partial charge in [-0.3, -0.25) is 19.7 Å². The third-order valence-corrected chi connectivity index (χ3v) is 5.73. The van der Waals surface area contributed by atoms with Gasteiger partial charge in [0.15, 0.2) is 0 Å². The molecule has 1 aliphatic rings. The molecule has 29 heavy (non-hydrogen) atoms. The van der Waals surface area contributed by atoms with Gasteiger partial charge in [-0.2, -0.15) is 0 Å². The van der Waals surface area contributed by atoms with Crippen LogP contribution in [0.25, 0.3) is 0 Å². The number of benzene rings is 1. The normalized spacial score (nSPS) is 12.8. The zero-order valence-corrected chi connectivity index (χ0v) is 16.6. The molecule has 1 aromatic heterocycles. The van der Waals surface area contributed by atoms with Gasteiger partial charge >= 0.3 is 6.09 Å². The number of halogens is 1. The fourth-order valence-corrected chi connectivity index (χ4v) is 4.49. The molecule has 12 heteroatoms. The van der Waals surface area contributed by atoms with Gasteiger partial charge in [0, 0.05) is 22.5 Å². The third-order valence-electron chi connectivity index (χ3n) is 4.36. The quantitative estimate of drug-likeness (QED) is 0.554. The number of hydrogen-bond donors (Lipinski definition) is 2. The third kappa shape index (κ3) is 4.00. The number of nitro benzene ring substituents is 1. The predicted molar refractivity (Wildman–Crippen MR) is 105 cm³/mol. The molecule has 0 saturated heterocycles. The molecule has 0 radical (unpaired) electrons. The zero-order chi connectivity index (χ0) is 21.3. The number of nitrogens with one attached hydrogen (secondary N) is 1. The Morgan fingerprint density at radius 1 is 1.38 bits per heavy atom. The Morgan fingerprint density at radius 2 is 2.10 bits per heavy atom. The summed E-state index contributed by atoms with van der Waals surface area (Å²) in [6, 6.07) is 3.60. The van der Waals surface area contributed by atoms with E-state index in [1.54, 1.807) is 0 Å². The number of primary amides is 1. The summed E-state index contributed by atoms with van der Waals surface area (Å²) in [7, 11) is 1.27. The summed E-state index contributed by atoms with van der Waals surface area (Å²) in [5.41, 5.74) is 5.60. The number of nitrogens with two attached hydrogens (primary N) is 1. The Hall–Kier alpha value is -3.18. The highest BCUT2D eigenvalue weighted by atomic mass is 35.5. The number of carbonyl (C=O) groups is 3. The lowest BCUT2D eigenvalue weighted by atomic mass is 10.0. The molecule has 0 saturated carbocycles. The Kier molecular flexibility index (Phi) is 5.71. The lowest BCUT2D eigenvalue weighted by Crippen LogP contribution is -2.35. The van der Waals surface area contributed by atoms with Crippen LogP contribution in [0.5, 0.6) is 0 Å². The number of rotatable bonds is 4. The van der Waals surface area contributed by atoms with Gasteiger partial charge in [0.05, 0.1) is 24.1 Å². The molecular formula is C17H15ClN4O6S. The zero-order valence-electron chi connectivity index (χ0n) is 15.1. The fourth-order valence-electron chi connectivity index (χ4n) is 3.06. The largest absolute Gasteiger partial charge is 0.453 e. The van der Waals surface area contributed by atoms with E-state index in [1.807, 2.05) is 0 Å². The molecule has 0 atom stereocenters. The first-order valence-corrected chi connectivity index (χ1v) is 9.45. The summed E-state index contributed by atoms with van der Waals surface area (Å²) < 4.78 is 4.71. The second-order valence-electron chi connectivity index (χ2n) is 6.09. The summed E-state index contributed by atoms with van der Waals surface area (Å²) in [6.45, 7) is 0.518. The van der Waals surface area contributed by atoms with Crippen LogP contribution < -0.4 is 11.1 Å². The van der Waals surface area contributed by atoms with Crippen LogP contribution in [-0.2, 0) is 17.7 Å². The smallest absolute Gasteiger partial charge is 0.409 e. The van der Waals surface area contributed by atoms with Crippen molar-refractivity contribution in [1.29, 1.82) is 0 Å². The lowest BCUT2D eigenvalue weighted by Gasteiger charge is -2.25. The molecule has 1 aliphatic heterocycles. The second kappa shape index (κ2) is 8.05. The van der Waals surface area contributed by atoms with Gasteiger partial charge in [-0.25, -0.2) is 4.79 Å². The molecule has 0 unspecified atom stereocenters. The molecule has 3 amide bonds. The van der Waals surface area contributed by atoms with Crippen molar-refractivity contribution >= 4 is 51.5 Å². The van der Waals surface area contributed by atoms with E-state index < -0.39 is 28.5 Å². The number of carbonyl (C=O) groups excluding carboxylic acids is 3. The number of methoxy groups -OCH3 is 1. The van der Waals surface area contributed by atoms with Crippen molar-refractivity contribution in [3.05, 3.63) is 54.9 Å². The molecule has 3 N–H and O–H groups in total. The van der Waals surface area contributed by atoms with Crippen LogP contribution in [0.3, 0.4) is 0 Å². The molecule has 152 valence electrons. The van der Waals surface area contributed by atoms with E-state index >= 15 is 0 Å². The van der Waals surface area contributed by atoms with Gasteiger partial charge in [-0.05, 0) is 24.1 Å². The average molecular weight is 439 g/mol. The molecular weight excluding hydrogens is 424 g/mol. The molecule has 2 heterocycles. The standard InChI is InChI=1S/C17H15ClN4O6S/c1-28-17(25)21-5-4-9-12(7-21)29-16(13(9)14(19)23)20-15(24)10-6-8(18)2-3-11(10)22(26)27/h2-3,6H,4-5,7H2,1H3,(H2,19,23)(H,20,24). The minimum atomic E-state index is -0.801. The van der Waals surface area contributed by atoms with Crippen molar-refractivity contribution in [2.75, 3.05) is 19.0 Å². The molecule has 0 aliphatic carbocycles. The number of nitrogens with zero attached hydrogens (tertiary/aromatic N) is 2. The molecule has 2 aromatic rings. The second-order valence-corrected chi connectivity index (χ2v) is 7.63. The van der Waals surface area contributed by atoms with Crippen LogP contribution in [0.2, 0.25) is 5.02 Å². The first-order valence-electron chi connectivity index (χ1n) is 8.25. The van der Waals surface area contributed by atoms with Crippen LogP contribution in [0.4, 0.5) is 15.5 Å². The topological polar surface area (TPSA) is 145 Å². The molecule has 3 rings (SSSR count). The van der Waals surface area contributed by atoms with E-state index in [9.17, 15) is 24.5 Å². The van der Waals surface area contributed by atoms with E-state index in [-0.39, 0.29) is 27.7 Å². The highest BCUT2D eigenvalue weighted by Crippen LogP contribution is 2.37. The van der Waals surface area contributed by atoms with E-state index in [0.717, 1.165) is 17.4 Å². The van der Waals surface area contributed by atoms with Crippen LogP contribution in [0.1, 0.15) is 31.2 Å². The highest BCUT2D eigenvalue weighted by Gasteiger charge is 2.31. The summed E-state index contributed by atoms with van der Waals surface area (Å²) in [5.74, 6) is -1.55. The van der Waals surface area contributed by atoms with Crippen molar-refractivity contribution in [1.82, 2.24) is 4.90 Å². The Labute approximate surface area is 173 Å². The molecule has 0 spiro atoms. The van der Waals surface area contributed by atoms with Gasteiger partial charge in [0.1, 0.15) is 10.6 Å². The number of fused-ring (bicyclic) bond motifs is 1. The van der Waals surface area contributed by atoms with Gasteiger partial charge in [-0.1, -0.05) is 11.6 Å². The molecule has 10 nitrogen and oxygen atoms in total. The van der Waals surface area contributed by atoms with Crippen molar-refractivity contribution in [2.24, 2.45) is 5.73 Å². The summed E-state index contributed by atoms with van der Waals surface area (Å²) >= 11 is 6.95. The van der Waals surface area contributed by atoms with Crippen molar-refractivity contribution in [2.45, 2.75) is 13.0 Å². The van der Waals surface area contributed by atoms with Crippen LogP contribution >= 0.6 is 22.9 Å². The van der Waals surface area contributed by atoms with Crippen LogP contribution in [0, 0.1) is 10.1 Å². The van der Waals surface area contributed by atoms with Crippen molar-refractivity contribution < 1.29 is 24.0 Å². The minimum Gasteiger partial charge on any atom is -0.453 e. The van der Waals surface area contributed by atoms with E-state index in [0.29, 0.717) is 23.4 Å². The maximum absolute atomic E-state index is 12.7. The van der Waals surface area contributed by atoms with Gasteiger partial charge in [0.25, 0.3) is 17.5 Å². The monoisotopic (exact) mass is 438 g/mol. The van der Waals surface area contributed by atoms with Gasteiger partial charge in [0.2, 0.25) is 0 Å². The van der Waals surface area contributed by atoms with Crippen LogP contribution in [-0.4, -0.2) is 41.4 Å². The lowest BCUT2D eigenvalue weighted by molar-refractivity contribution is -0.385. The Morgan fingerprint density at radius 3 is 2.72 bits per heavy atom. The number of hydrogen-bond acceptors (Lipinski definition) is 7. The van der Waals surface area contributed by atoms with E-state index in [1.165, 1.54) is 24.1 Å². The molecule has 0 fully saturated rings. The van der Waals surface area contributed by atoms with Gasteiger partial charge in [-0.15, -0.1) is 11.3 Å². The maximum atomic E-state index is 12.7. The van der Waals surface area contributed by atoms with Gasteiger partial charge < -0.3 is 20.7 Å². The SMILES string of the molecule is COC(=O)N1CCc2c(sc(NC(=O)c3cc(Cl)ccc3[N+](=O)[O-])c2C(N)=O)C1. The summed E-state index contributed by atoms with van der Waals surface area (Å²) in [4.78, 5) is 49.1. The average Bonchev–Trinajstić information content (AvgIpc) is 3.03. The molecule has 1 aromatic carbocycles. The number of ether oxygens (including phenoxy) is 1. The fraction of sp³-hybridized carbons (Fsp3) is 0.235. The first-order chi connectivity index (χ1) is 13.7.